The van der Waals surface area contributed by atoms with Gasteiger partial charge in [0.05, 0.1) is 11.1 Å². The van der Waals surface area contributed by atoms with Crippen molar-refractivity contribution in [1.82, 2.24) is 5.43 Å². The van der Waals surface area contributed by atoms with Crippen molar-refractivity contribution in [1.29, 1.82) is 0 Å². The average molecular weight is 307 g/mol. The van der Waals surface area contributed by atoms with E-state index in [0.29, 0.717) is 0 Å². The van der Waals surface area contributed by atoms with Gasteiger partial charge in [0.25, 0.3) is 0 Å². The van der Waals surface area contributed by atoms with Gasteiger partial charge < -0.3 is 0 Å². The maximum atomic E-state index is 6.16. The molecule has 3 N–H and O–H groups in total. The van der Waals surface area contributed by atoms with Gasteiger partial charge in [-0.3, -0.25) is 11.3 Å². The van der Waals surface area contributed by atoms with Crippen molar-refractivity contribution in [2.24, 2.45) is 5.84 Å². The monoisotopic (exact) mass is 306 g/mol. The van der Waals surface area contributed by atoms with Crippen LogP contribution in [-0.2, 0) is 6.42 Å². The lowest BCUT2D eigenvalue weighted by molar-refractivity contribution is 0.610. The van der Waals surface area contributed by atoms with Crippen molar-refractivity contribution in [3.63, 3.8) is 0 Å². The molecule has 2 aromatic carbocycles. The molecule has 106 valence electrons. The number of nitrogens with one attached hydrogen (secondary N) is 1. The molecule has 20 heavy (non-hydrogen) atoms. The van der Waals surface area contributed by atoms with Gasteiger partial charge in [-0.15, -0.1) is 11.8 Å². The van der Waals surface area contributed by atoms with Gasteiger partial charge in [0, 0.05) is 10.6 Å². The molecule has 0 amide bonds. The lowest BCUT2D eigenvalue weighted by Crippen LogP contribution is -2.29. The summed E-state index contributed by atoms with van der Waals surface area (Å²) in [7, 11) is 0. The van der Waals surface area contributed by atoms with Crippen LogP contribution >= 0.6 is 23.4 Å². The standard InChI is InChI=1S/C16H19ClN2S/c1-2-12-7-9-13(10-8-12)15(19-18)11-20-16-6-4-3-5-14(16)17/h3-10,15,19H,2,11,18H2,1H3. The van der Waals surface area contributed by atoms with Gasteiger partial charge in [0.1, 0.15) is 0 Å². The molecule has 1 unspecified atom stereocenters. The average Bonchev–Trinajstić information content (AvgIpc) is 2.50. The van der Waals surface area contributed by atoms with Crippen LogP contribution in [0.5, 0.6) is 0 Å². The fourth-order valence-corrected chi connectivity index (χ4v) is 3.28. The Morgan fingerprint density at radius 2 is 1.85 bits per heavy atom. The number of thioether (sulfide) groups is 1. The summed E-state index contributed by atoms with van der Waals surface area (Å²) in [6, 6.07) is 16.6. The minimum absolute atomic E-state index is 0.113. The smallest absolute Gasteiger partial charge is 0.0553 e. The predicted molar refractivity (Wildman–Crippen MR) is 88.1 cm³/mol. The summed E-state index contributed by atoms with van der Waals surface area (Å²) in [6.07, 6.45) is 1.05. The van der Waals surface area contributed by atoms with Crippen LogP contribution in [0.1, 0.15) is 24.1 Å². The van der Waals surface area contributed by atoms with Crippen LogP contribution in [0.15, 0.2) is 53.4 Å². The first-order valence-corrected chi connectivity index (χ1v) is 8.03. The van der Waals surface area contributed by atoms with Gasteiger partial charge in [-0.05, 0) is 29.7 Å². The molecule has 2 rings (SSSR count). The molecule has 0 aliphatic heterocycles. The van der Waals surface area contributed by atoms with Gasteiger partial charge in [0.15, 0.2) is 0 Å². The zero-order chi connectivity index (χ0) is 14.4. The molecular weight excluding hydrogens is 288 g/mol. The molecule has 0 aromatic heterocycles. The zero-order valence-corrected chi connectivity index (χ0v) is 13.0. The van der Waals surface area contributed by atoms with Crippen LogP contribution in [0.3, 0.4) is 0 Å². The normalized spacial score (nSPS) is 12.3. The molecule has 0 fully saturated rings. The largest absolute Gasteiger partial charge is 0.271 e. The molecule has 0 radical (unpaired) electrons. The number of hydrazine groups is 1. The van der Waals surface area contributed by atoms with Crippen molar-refractivity contribution < 1.29 is 0 Å². The van der Waals surface area contributed by atoms with Crippen LogP contribution in [-0.4, -0.2) is 5.75 Å². The third kappa shape index (κ3) is 4.00. The van der Waals surface area contributed by atoms with Crippen LogP contribution in [0.25, 0.3) is 0 Å². The summed E-state index contributed by atoms with van der Waals surface area (Å²) in [5.41, 5.74) is 5.42. The Balaban J connectivity index is 2.03. The van der Waals surface area contributed by atoms with Crippen molar-refractivity contribution in [2.45, 2.75) is 24.3 Å². The Hall–Kier alpha value is -1.00. The second-order valence-electron chi connectivity index (χ2n) is 4.56. The minimum atomic E-state index is 0.113. The van der Waals surface area contributed by atoms with Crippen LogP contribution < -0.4 is 11.3 Å². The van der Waals surface area contributed by atoms with E-state index in [1.165, 1.54) is 11.1 Å². The minimum Gasteiger partial charge on any atom is -0.271 e. The summed E-state index contributed by atoms with van der Waals surface area (Å²) in [5.74, 6) is 6.52. The number of rotatable bonds is 6. The van der Waals surface area contributed by atoms with E-state index in [2.05, 4.69) is 36.6 Å². The van der Waals surface area contributed by atoms with Crippen LogP contribution in [0, 0.1) is 0 Å². The highest BCUT2D eigenvalue weighted by Crippen LogP contribution is 2.30. The molecule has 4 heteroatoms. The molecule has 0 spiro atoms. The Morgan fingerprint density at radius 3 is 2.45 bits per heavy atom. The van der Waals surface area contributed by atoms with Gasteiger partial charge in [-0.2, -0.15) is 0 Å². The first kappa shape index (κ1) is 15.4. The highest BCUT2D eigenvalue weighted by molar-refractivity contribution is 7.99. The number of aryl methyl sites for hydroxylation is 1. The highest BCUT2D eigenvalue weighted by Gasteiger charge is 2.11. The number of hydrogen-bond donors (Lipinski definition) is 2. The fraction of sp³-hybridized carbons (Fsp3) is 0.250. The van der Waals surface area contributed by atoms with E-state index in [9.17, 15) is 0 Å². The van der Waals surface area contributed by atoms with E-state index in [1.807, 2.05) is 24.3 Å². The van der Waals surface area contributed by atoms with Gasteiger partial charge in [-0.25, -0.2) is 0 Å². The Kier molecular flexibility index (Phi) is 5.92. The lowest BCUT2D eigenvalue weighted by Gasteiger charge is -2.16. The maximum Gasteiger partial charge on any atom is 0.0553 e. The molecule has 0 aliphatic rings. The summed E-state index contributed by atoms with van der Waals surface area (Å²) in [5, 5.41) is 0.787. The predicted octanol–water partition coefficient (Wildman–Crippen LogP) is 4.20. The quantitative estimate of drug-likeness (QED) is 0.477. The number of benzene rings is 2. The molecule has 2 aromatic rings. The van der Waals surface area contributed by atoms with Crippen molar-refractivity contribution >= 4 is 23.4 Å². The molecule has 0 saturated carbocycles. The summed E-state index contributed by atoms with van der Waals surface area (Å²) in [6.45, 7) is 2.15. The SMILES string of the molecule is CCc1ccc(C(CSc2ccccc2Cl)NN)cc1. The lowest BCUT2D eigenvalue weighted by atomic mass is 10.1. The summed E-state index contributed by atoms with van der Waals surface area (Å²) >= 11 is 7.87. The first-order chi connectivity index (χ1) is 9.74. The number of hydrogen-bond acceptors (Lipinski definition) is 3. The Bertz CT molecular complexity index is 542. The van der Waals surface area contributed by atoms with Gasteiger partial charge in [-0.1, -0.05) is 54.9 Å². The van der Waals surface area contributed by atoms with E-state index in [0.717, 1.165) is 22.1 Å². The van der Waals surface area contributed by atoms with Crippen molar-refractivity contribution in [3.05, 3.63) is 64.7 Å². The maximum absolute atomic E-state index is 6.16. The zero-order valence-electron chi connectivity index (χ0n) is 11.5. The molecule has 0 bridgehead atoms. The van der Waals surface area contributed by atoms with E-state index < -0.39 is 0 Å². The number of nitrogens with two attached hydrogens (primary N) is 1. The summed E-state index contributed by atoms with van der Waals surface area (Å²) in [4.78, 5) is 1.08. The second-order valence-corrected chi connectivity index (χ2v) is 6.02. The first-order valence-electron chi connectivity index (χ1n) is 6.67. The van der Waals surface area contributed by atoms with E-state index in [4.69, 9.17) is 17.4 Å². The number of halogens is 1. The van der Waals surface area contributed by atoms with Crippen molar-refractivity contribution in [2.75, 3.05) is 5.75 Å². The van der Waals surface area contributed by atoms with E-state index in [-0.39, 0.29) is 6.04 Å². The molecule has 0 aliphatic carbocycles. The molecule has 2 nitrogen and oxygen atoms in total. The molecule has 0 saturated heterocycles. The molecular formula is C16H19ClN2S. The third-order valence-electron chi connectivity index (χ3n) is 3.23. The summed E-state index contributed by atoms with van der Waals surface area (Å²) < 4.78 is 0. The van der Waals surface area contributed by atoms with Gasteiger partial charge in [0.2, 0.25) is 0 Å². The van der Waals surface area contributed by atoms with Crippen LogP contribution in [0.2, 0.25) is 5.02 Å². The Labute approximate surface area is 129 Å². The van der Waals surface area contributed by atoms with Crippen molar-refractivity contribution in [3.8, 4) is 0 Å². The third-order valence-corrected chi connectivity index (χ3v) is 4.84. The van der Waals surface area contributed by atoms with Crippen LogP contribution in [0.4, 0.5) is 0 Å². The topological polar surface area (TPSA) is 38.0 Å². The molecule has 0 heterocycles. The second kappa shape index (κ2) is 7.70. The highest BCUT2D eigenvalue weighted by atomic mass is 35.5. The molecule has 1 atom stereocenters. The van der Waals surface area contributed by atoms with Gasteiger partial charge >= 0.3 is 0 Å². The van der Waals surface area contributed by atoms with E-state index >= 15 is 0 Å². The Morgan fingerprint density at radius 1 is 1.15 bits per heavy atom. The fourth-order valence-electron chi connectivity index (χ4n) is 1.96. The van der Waals surface area contributed by atoms with E-state index in [1.54, 1.807) is 11.8 Å².